The van der Waals surface area contributed by atoms with E-state index in [1.165, 1.54) is 5.56 Å². The molecule has 1 aromatic rings. The molecule has 4 nitrogen and oxygen atoms in total. The van der Waals surface area contributed by atoms with E-state index < -0.39 is 10.5 Å². The zero-order valence-corrected chi connectivity index (χ0v) is 15.5. The summed E-state index contributed by atoms with van der Waals surface area (Å²) in [6, 6.07) is 5.13. The standard InChI is InChI=1S/C19H25FO4S/c1-18-9-7-12-11-13(24-25(20,22)23)3-4-14(12)15(18)8-10-19(2)16(18)5-6-17(19)21/h3-4,11,15-17,21H,5-10H2,1-2H3/t15?,16-,17-,18+,19-/m0/s1. The van der Waals surface area contributed by atoms with Gasteiger partial charge in [-0.15, -0.1) is 0 Å². The minimum atomic E-state index is -4.99. The van der Waals surface area contributed by atoms with E-state index in [9.17, 15) is 17.4 Å². The van der Waals surface area contributed by atoms with Gasteiger partial charge in [0.1, 0.15) is 5.75 Å². The van der Waals surface area contributed by atoms with Crippen LogP contribution in [0.3, 0.4) is 0 Å². The third-order valence-corrected chi connectivity index (χ3v) is 7.86. The van der Waals surface area contributed by atoms with Gasteiger partial charge in [-0.3, -0.25) is 0 Å². The molecule has 6 heteroatoms. The van der Waals surface area contributed by atoms with Crippen LogP contribution in [0, 0.1) is 16.7 Å². The van der Waals surface area contributed by atoms with Crippen LogP contribution in [0.15, 0.2) is 18.2 Å². The van der Waals surface area contributed by atoms with Gasteiger partial charge in [-0.05, 0) is 84.5 Å². The minimum absolute atomic E-state index is 0.00805. The van der Waals surface area contributed by atoms with Crippen molar-refractivity contribution in [3.63, 3.8) is 0 Å². The van der Waals surface area contributed by atoms with Crippen molar-refractivity contribution in [1.82, 2.24) is 0 Å². The predicted molar refractivity (Wildman–Crippen MR) is 92.3 cm³/mol. The lowest BCUT2D eigenvalue weighted by molar-refractivity contribution is -0.0666. The van der Waals surface area contributed by atoms with E-state index >= 15 is 0 Å². The maximum Gasteiger partial charge on any atom is 0.488 e. The number of rotatable bonds is 2. The Bertz CT molecular complexity index is 808. The maximum absolute atomic E-state index is 12.8. The number of aliphatic hydroxyl groups is 1. The molecular formula is C19H25FO4S. The lowest BCUT2D eigenvalue weighted by Gasteiger charge is -2.57. The van der Waals surface area contributed by atoms with Crippen LogP contribution in [0.1, 0.15) is 63.0 Å². The zero-order valence-electron chi connectivity index (χ0n) is 14.7. The van der Waals surface area contributed by atoms with Gasteiger partial charge in [0.15, 0.2) is 0 Å². The lowest BCUT2D eigenvalue weighted by Crippen LogP contribution is -2.50. The molecule has 2 fully saturated rings. The molecule has 0 saturated heterocycles. The van der Waals surface area contributed by atoms with Gasteiger partial charge in [-0.2, -0.15) is 8.42 Å². The number of hydrogen-bond donors (Lipinski definition) is 1. The monoisotopic (exact) mass is 368 g/mol. The third-order valence-electron chi connectivity index (χ3n) is 7.47. The Morgan fingerprint density at radius 2 is 1.92 bits per heavy atom. The SMILES string of the molecule is C[C@]12CCC3c4ccc(OS(=O)(=O)F)cc4CC[C@@]3(C)[C@@H]1CC[C@@H]2O. The van der Waals surface area contributed by atoms with Gasteiger partial charge < -0.3 is 9.29 Å². The second kappa shape index (κ2) is 5.43. The molecule has 1 N–H and O–H groups in total. The number of benzene rings is 1. The van der Waals surface area contributed by atoms with E-state index in [2.05, 4.69) is 18.0 Å². The van der Waals surface area contributed by atoms with Crippen LogP contribution in [-0.2, 0) is 16.9 Å². The predicted octanol–water partition coefficient (Wildman–Crippen LogP) is 3.89. The Hall–Kier alpha value is -1.14. The first-order valence-corrected chi connectivity index (χ1v) is 10.4. The molecule has 138 valence electrons. The number of halogens is 1. The van der Waals surface area contributed by atoms with Crippen LogP contribution in [-0.4, -0.2) is 19.6 Å². The summed E-state index contributed by atoms with van der Waals surface area (Å²) in [5.41, 5.74) is 2.45. The summed E-state index contributed by atoms with van der Waals surface area (Å²) in [6.07, 6.45) is 5.61. The van der Waals surface area contributed by atoms with Gasteiger partial charge >= 0.3 is 10.5 Å². The molecule has 0 spiro atoms. The van der Waals surface area contributed by atoms with Crippen molar-refractivity contribution in [3.05, 3.63) is 29.3 Å². The summed E-state index contributed by atoms with van der Waals surface area (Å²) in [5, 5.41) is 10.5. The number of hydrogen-bond acceptors (Lipinski definition) is 4. The zero-order chi connectivity index (χ0) is 18.0. The Balaban J connectivity index is 1.69. The molecule has 5 atom stereocenters. The van der Waals surface area contributed by atoms with Crippen molar-refractivity contribution in [1.29, 1.82) is 0 Å². The summed E-state index contributed by atoms with van der Waals surface area (Å²) in [6.45, 7) is 4.60. The van der Waals surface area contributed by atoms with Crippen molar-refractivity contribution < 1.29 is 21.6 Å². The van der Waals surface area contributed by atoms with E-state index in [0.29, 0.717) is 11.8 Å². The van der Waals surface area contributed by atoms with Crippen molar-refractivity contribution in [2.75, 3.05) is 0 Å². The molecular weight excluding hydrogens is 343 g/mol. The number of aryl methyl sites for hydroxylation is 1. The Labute approximate surface area is 148 Å². The average molecular weight is 368 g/mol. The molecule has 0 aliphatic heterocycles. The highest BCUT2D eigenvalue weighted by Gasteiger charge is 2.59. The fourth-order valence-corrected chi connectivity index (χ4v) is 6.57. The van der Waals surface area contributed by atoms with E-state index in [0.717, 1.165) is 44.1 Å². The Kier molecular flexibility index (Phi) is 3.75. The summed E-state index contributed by atoms with van der Waals surface area (Å²) in [7, 11) is -4.99. The van der Waals surface area contributed by atoms with Gasteiger partial charge in [-0.25, -0.2) is 0 Å². The molecule has 0 bridgehead atoms. The summed E-state index contributed by atoms with van der Waals surface area (Å²) in [4.78, 5) is 0. The molecule has 25 heavy (non-hydrogen) atoms. The molecule has 4 rings (SSSR count). The van der Waals surface area contributed by atoms with Gasteiger partial charge in [0.2, 0.25) is 0 Å². The molecule has 1 unspecified atom stereocenters. The van der Waals surface area contributed by atoms with Gasteiger partial charge in [0, 0.05) is 0 Å². The van der Waals surface area contributed by atoms with Crippen LogP contribution in [0.25, 0.3) is 0 Å². The van der Waals surface area contributed by atoms with Crippen LogP contribution in [0.4, 0.5) is 3.89 Å². The van der Waals surface area contributed by atoms with E-state index in [1.807, 2.05) is 6.07 Å². The summed E-state index contributed by atoms with van der Waals surface area (Å²) < 4.78 is 38.6. The number of fused-ring (bicyclic) bond motifs is 5. The molecule has 0 radical (unpaired) electrons. The highest BCUT2D eigenvalue weighted by atomic mass is 32.3. The van der Waals surface area contributed by atoms with Gasteiger partial charge in [-0.1, -0.05) is 23.8 Å². The maximum atomic E-state index is 12.8. The second-order valence-electron chi connectivity index (χ2n) is 8.59. The van der Waals surface area contributed by atoms with Crippen LogP contribution >= 0.6 is 0 Å². The minimum Gasteiger partial charge on any atom is -0.393 e. The molecule has 0 aromatic heterocycles. The fraction of sp³-hybridized carbons (Fsp3) is 0.684. The van der Waals surface area contributed by atoms with Crippen molar-refractivity contribution in [3.8, 4) is 5.75 Å². The Morgan fingerprint density at radius 3 is 2.64 bits per heavy atom. The van der Waals surface area contributed by atoms with Crippen LogP contribution in [0.2, 0.25) is 0 Å². The van der Waals surface area contributed by atoms with Crippen LogP contribution in [0.5, 0.6) is 5.75 Å². The molecule has 3 aliphatic carbocycles. The first kappa shape index (κ1) is 17.3. The normalized spacial score (nSPS) is 40.1. The van der Waals surface area contributed by atoms with E-state index in [-0.39, 0.29) is 22.7 Å². The molecule has 1 aromatic carbocycles. The quantitative estimate of drug-likeness (QED) is 0.805. The van der Waals surface area contributed by atoms with Gasteiger partial charge in [0.05, 0.1) is 6.10 Å². The van der Waals surface area contributed by atoms with Crippen molar-refractivity contribution in [2.24, 2.45) is 16.7 Å². The molecule has 0 heterocycles. The highest BCUT2D eigenvalue weighted by Crippen LogP contribution is 2.66. The largest absolute Gasteiger partial charge is 0.488 e. The van der Waals surface area contributed by atoms with Gasteiger partial charge in [0.25, 0.3) is 0 Å². The Morgan fingerprint density at radius 1 is 1.16 bits per heavy atom. The van der Waals surface area contributed by atoms with Crippen molar-refractivity contribution >= 4 is 10.5 Å². The van der Waals surface area contributed by atoms with Crippen molar-refractivity contribution in [2.45, 2.75) is 64.4 Å². The summed E-state index contributed by atoms with van der Waals surface area (Å²) >= 11 is 0. The third kappa shape index (κ3) is 2.60. The van der Waals surface area contributed by atoms with E-state index in [4.69, 9.17) is 0 Å². The summed E-state index contributed by atoms with van der Waals surface area (Å²) in [5.74, 6) is 0.946. The smallest absolute Gasteiger partial charge is 0.393 e. The topological polar surface area (TPSA) is 63.6 Å². The highest BCUT2D eigenvalue weighted by molar-refractivity contribution is 7.81. The number of aliphatic hydroxyl groups excluding tert-OH is 1. The molecule has 2 saturated carbocycles. The average Bonchev–Trinajstić information content (AvgIpc) is 2.82. The fourth-order valence-electron chi connectivity index (χ4n) is 6.24. The molecule has 3 aliphatic rings. The second-order valence-corrected chi connectivity index (χ2v) is 9.54. The molecule has 0 amide bonds. The first-order valence-electron chi connectivity index (χ1n) is 9.08. The van der Waals surface area contributed by atoms with E-state index in [1.54, 1.807) is 12.1 Å². The first-order chi connectivity index (χ1) is 11.6. The lowest BCUT2D eigenvalue weighted by atomic mass is 9.48. The van der Waals surface area contributed by atoms with Crippen LogP contribution < -0.4 is 4.18 Å².